The number of aromatic nitrogens is 2. The minimum Gasteiger partial charge on any atom is -0.383 e. The van der Waals surface area contributed by atoms with Crippen LogP contribution in [-0.4, -0.2) is 49.2 Å². The van der Waals surface area contributed by atoms with Crippen LogP contribution in [0.2, 0.25) is 0 Å². The summed E-state index contributed by atoms with van der Waals surface area (Å²) in [5.74, 6) is 0. The molecule has 18 heavy (non-hydrogen) atoms. The van der Waals surface area contributed by atoms with Crippen molar-refractivity contribution in [3.63, 3.8) is 0 Å². The average Bonchev–Trinajstić information content (AvgIpc) is 2.86. The Balaban J connectivity index is 1.83. The third kappa shape index (κ3) is 3.46. The van der Waals surface area contributed by atoms with E-state index < -0.39 is 0 Å². The number of nitrogens with one attached hydrogen (secondary N) is 1. The molecule has 0 spiro atoms. The number of hydrogen-bond acceptors (Lipinski definition) is 4. The Hall–Kier alpha value is -1.07. The molecule has 1 aromatic heterocycles. The first-order chi connectivity index (χ1) is 8.83. The molecular formula is C13H24N4O. The molecule has 1 N–H and O–H groups in total. The van der Waals surface area contributed by atoms with Crippen molar-refractivity contribution in [2.24, 2.45) is 0 Å². The molecule has 102 valence electrons. The van der Waals surface area contributed by atoms with Gasteiger partial charge in [0, 0.05) is 32.4 Å². The summed E-state index contributed by atoms with van der Waals surface area (Å²) >= 11 is 0. The minimum atomic E-state index is 0.690. The SMILES string of the molecule is CCNC1CCN(c2cnn(CCOC)c2)CC1. The maximum atomic E-state index is 5.06. The van der Waals surface area contributed by atoms with Gasteiger partial charge < -0.3 is 15.0 Å². The fraction of sp³-hybridized carbons (Fsp3) is 0.769. The van der Waals surface area contributed by atoms with E-state index in [1.54, 1.807) is 7.11 Å². The normalized spacial score (nSPS) is 17.3. The van der Waals surface area contributed by atoms with Crippen LogP contribution in [0.25, 0.3) is 0 Å². The van der Waals surface area contributed by atoms with Gasteiger partial charge in [0.1, 0.15) is 0 Å². The standard InChI is InChI=1S/C13H24N4O/c1-3-14-12-4-6-16(7-5-12)13-10-15-17(11-13)8-9-18-2/h10-12,14H,3-9H2,1-2H3. The molecule has 0 atom stereocenters. The van der Waals surface area contributed by atoms with Gasteiger partial charge in [-0.2, -0.15) is 5.10 Å². The molecule has 1 aliphatic heterocycles. The summed E-state index contributed by atoms with van der Waals surface area (Å²) in [5.41, 5.74) is 1.24. The Morgan fingerprint density at radius 1 is 1.44 bits per heavy atom. The van der Waals surface area contributed by atoms with Crippen LogP contribution in [-0.2, 0) is 11.3 Å². The summed E-state index contributed by atoms with van der Waals surface area (Å²) in [6.45, 7) is 7.01. The fourth-order valence-corrected chi connectivity index (χ4v) is 2.45. The first kappa shape index (κ1) is 13.4. The van der Waals surface area contributed by atoms with Crippen LogP contribution in [0.1, 0.15) is 19.8 Å². The van der Waals surface area contributed by atoms with E-state index in [0.717, 1.165) is 26.2 Å². The van der Waals surface area contributed by atoms with E-state index >= 15 is 0 Å². The molecule has 1 fully saturated rings. The van der Waals surface area contributed by atoms with Crippen molar-refractivity contribution in [2.75, 3.05) is 38.3 Å². The first-order valence-corrected chi connectivity index (χ1v) is 6.83. The number of ether oxygens (including phenoxy) is 1. The summed E-state index contributed by atoms with van der Waals surface area (Å²) in [6, 6.07) is 0.690. The molecule has 1 saturated heterocycles. The van der Waals surface area contributed by atoms with Crippen molar-refractivity contribution in [1.82, 2.24) is 15.1 Å². The monoisotopic (exact) mass is 252 g/mol. The minimum absolute atomic E-state index is 0.690. The van der Waals surface area contributed by atoms with E-state index in [9.17, 15) is 0 Å². The van der Waals surface area contributed by atoms with Gasteiger partial charge in [-0.15, -0.1) is 0 Å². The van der Waals surface area contributed by atoms with Crippen molar-refractivity contribution in [2.45, 2.75) is 32.4 Å². The van der Waals surface area contributed by atoms with Gasteiger partial charge in [0.25, 0.3) is 0 Å². The Bertz CT molecular complexity index is 345. The largest absolute Gasteiger partial charge is 0.383 e. The predicted molar refractivity (Wildman–Crippen MR) is 73.0 cm³/mol. The van der Waals surface area contributed by atoms with Crippen molar-refractivity contribution >= 4 is 5.69 Å². The molecular weight excluding hydrogens is 228 g/mol. The third-order valence-corrected chi connectivity index (χ3v) is 3.50. The summed E-state index contributed by atoms with van der Waals surface area (Å²) in [6.07, 6.45) is 6.52. The zero-order valence-electron chi connectivity index (χ0n) is 11.4. The van der Waals surface area contributed by atoms with Gasteiger partial charge in [0.15, 0.2) is 0 Å². The first-order valence-electron chi connectivity index (χ1n) is 6.83. The van der Waals surface area contributed by atoms with E-state index in [2.05, 4.69) is 28.4 Å². The van der Waals surface area contributed by atoms with Crippen molar-refractivity contribution in [3.05, 3.63) is 12.4 Å². The maximum Gasteiger partial charge on any atom is 0.0752 e. The van der Waals surface area contributed by atoms with E-state index in [1.807, 2.05) is 10.9 Å². The van der Waals surface area contributed by atoms with E-state index in [4.69, 9.17) is 4.74 Å². The van der Waals surface area contributed by atoms with Crippen LogP contribution >= 0.6 is 0 Å². The van der Waals surface area contributed by atoms with Crippen molar-refractivity contribution in [3.8, 4) is 0 Å². The van der Waals surface area contributed by atoms with Crippen LogP contribution in [0.15, 0.2) is 12.4 Å². The van der Waals surface area contributed by atoms with Crippen LogP contribution in [0.3, 0.4) is 0 Å². The average molecular weight is 252 g/mol. The molecule has 5 nitrogen and oxygen atoms in total. The fourth-order valence-electron chi connectivity index (χ4n) is 2.45. The highest BCUT2D eigenvalue weighted by atomic mass is 16.5. The zero-order chi connectivity index (χ0) is 12.8. The van der Waals surface area contributed by atoms with E-state index in [0.29, 0.717) is 12.6 Å². The number of nitrogens with zero attached hydrogens (tertiary/aromatic N) is 3. The molecule has 1 aromatic rings. The molecule has 5 heteroatoms. The number of hydrogen-bond donors (Lipinski definition) is 1. The van der Waals surface area contributed by atoms with Gasteiger partial charge in [-0.3, -0.25) is 4.68 Å². The topological polar surface area (TPSA) is 42.3 Å². The molecule has 1 aliphatic rings. The smallest absolute Gasteiger partial charge is 0.0752 e. The van der Waals surface area contributed by atoms with Gasteiger partial charge in [0.2, 0.25) is 0 Å². The number of anilines is 1. The van der Waals surface area contributed by atoms with E-state index in [1.165, 1.54) is 18.5 Å². The molecule has 0 amide bonds. The van der Waals surface area contributed by atoms with Crippen LogP contribution < -0.4 is 10.2 Å². The van der Waals surface area contributed by atoms with Gasteiger partial charge in [-0.1, -0.05) is 6.92 Å². The van der Waals surface area contributed by atoms with Gasteiger partial charge >= 0.3 is 0 Å². The second kappa shape index (κ2) is 6.75. The number of methoxy groups -OCH3 is 1. The summed E-state index contributed by atoms with van der Waals surface area (Å²) < 4.78 is 7.01. The quantitative estimate of drug-likeness (QED) is 0.823. The lowest BCUT2D eigenvalue weighted by Gasteiger charge is -2.32. The lowest BCUT2D eigenvalue weighted by Crippen LogP contribution is -2.42. The highest BCUT2D eigenvalue weighted by molar-refractivity contribution is 5.42. The van der Waals surface area contributed by atoms with Gasteiger partial charge in [-0.05, 0) is 19.4 Å². The molecule has 0 bridgehead atoms. The summed E-state index contributed by atoms with van der Waals surface area (Å²) in [5, 5.41) is 7.89. The Kier molecular flexibility index (Phi) is 5.01. The molecule has 0 radical (unpaired) electrons. The number of rotatable bonds is 6. The Morgan fingerprint density at radius 2 is 2.22 bits per heavy atom. The van der Waals surface area contributed by atoms with Gasteiger partial charge in [0.05, 0.1) is 25.0 Å². The zero-order valence-corrected chi connectivity index (χ0v) is 11.4. The van der Waals surface area contributed by atoms with Crippen LogP contribution in [0.4, 0.5) is 5.69 Å². The second-order valence-corrected chi connectivity index (χ2v) is 4.77. The summed E-state index contributed by atoms with van der Waals surface area (Å²) in [4.78, 5) is 2.42. The molecule has 0 aromatic carbocycles. The molecule has 0 aliphatic carbocycles. The van der Waals surface area contributed by atoms with Crippen LogP contribution in [0, 0.1) is 0 Å². The Labute approximate surface area is 109 Å². The predicted octanol–water partition coefficient (Wildman–Crippen LogP) is 1.11. The summed E-state index contributed by atoms with van der Waals surface area (Å²) in [7, 11) is 1.72. The maximum absolute atomic E-state index is 5.06. The lowest BCUT2D eigenvalue weighted by atomic mass is 10.1. The highest BCUT2D eigenvalue weighted by Crippen LogP contribution is 2.19. The van der Waals surface area contributed by atoms with Crippen LogP contribution in [0.5, 0.6) is 0 Å². The van der Waals surface area contributed by atoms with Crippen molar-refractivity contribution in [1.29, 1.82) is 0 Å². The van der Waals surface area contributed by atoms with E-state index in [-0.39, 0.29) is 0 Å². The molecule has 0 unspecified atom stereocenters. The lowest BCUT2D eigenvalue weighted by molar-refractivity contribution is 0.183. The molecule has 2 rings (SSSR count). The van der Waals surface area contributed by atoms with Gasteiger partial charge in [-0.25, -0.2) is 0 Å². The highest BCUT2D eigenvalue weighted by Gasteiger charge is 2.19. The van der Waals surface area contributed by atoms with Crippen molar-refractivity contribution < 1.29 is 4.74 Å². The molecule has 0 saturated carbocycles. The second-order valence-electron chi connectivity index (χ2n) is 4.77. The number of piperidine rings is 1. The third-order valence-electron chi connectivity index (χ3n) is 3.50. The molecule has 2 heterocycles. The Morgan fingerprint density at radius 3 is 2.89 bits per heavy atom.